The highest BCUT2D eigenvalue weighted by molar-refractivity contribution is 6.00. The van der Waals surface area contributed by atoms with Crippen LogP contribution in [0.1, 0.15) is 23.2 Å². The Morgan fingerprint density at radius 1 is 1.15 bits per heavy atom. The van der Waals surface area contributed by atoms with Crippen LogP contribution in [-0.4, -0.2) is 42.0 Å². The number of carbonyl (C=O) groups is 1. The van der Waals surface area contributed by atoms with Crippen molar-refractivity contribution >= 4 is 5.91 Å². The van der Waals surface area contributed by atoms with E-state index in [1.54, 1.807) is 6.20 Å². The fourth-order valence-electron chi connectivity index (χ4n) is 3.56. The van der Waals surface area contributed by atoms with Gasteiger partial charge in [0.15, 0.2) is 5.76 Å². The second-order valence-corrected chi connectivity index (χ2v) is 6.82. The van der Waals surface area contributed by atoms with Gasteiger partial charge in [0.05, 0.1) is 11.8 Å². The fourth-order valence-corrected chi connectivity index (χ4v) is 3.56. The topological polar surface area (TPSA) is 58.4 Å². The summed E-state index contributed by atoms with van der Waals surface area (Å²) in [5, 5.41) is 3.28. The van der Waals surface area contributed by atoms with Crippen molar-refractivity contribution in [3.63, 3.8) is 0 Å². The van der Waals surface area contributed by atoms with Gasteiger partial charge >= 0.3 is 0 Å². The zero-order valence-corrected chi connectivity index (χ0v) is 15.4. The van der Waals surface area contributed by atoms with Crippen molar-refractivity contribution in [1.82, 2.24) is 15.2 Å². The van der Waals surface area contributed by atoms with Crippen molar-refractivity contribution in [2.24, 2.45) is 0 Å². The summed E-state index contributed by atoms with van der Waals surface area (Å²) in [6.07, 6.45) is 3.82. The lowest BCUT2D eigenvalue weighted by Gasteiger charge is -2.32. The highest BCUT2D eigenvalue weighted by Gasteiger charge is 2.26. The normalized spacial score (nSPS) is 17.1. The predicted octanol–water partition coefficient (Wildman–Crippen LogP) is 3.83. The van der Waals surface area contributed by atoms with E-state index in [0.29, 0.717) is 23.3 Å². The molecule has 4 rings (SSSR count). The Labute approximate surface area is 159 Å². The molecule has 5 heteroatoms. The second-order valence-electron chi connectivity index (χ2n) is 6.82. The zero-order chi connectivity index (χ0) is 18.6. The molecule has 27 heavy (non-hydrogen) atoms. The first kappa shape index (κ1) is 17.5. The molecule has 5 nitrogen and oxygen atoms in total. The van der Waals surface area contributed by atoms with E-state index in [1.165, 1.54) is 0 Å². The molecule has 1 fully saturated rings. The Hall–Kier alpha value is -2.92. The summed E-state index contributed by atoms with van der Waals surface area (Å²) >= 11 is 0. The number of oxazole rings is 1. The third-order valence-electron chi connectivity index (χ3n) is 5.07. The second kappa shape index (κ2) is 7.76. The van der Waals surface area contributed by atoms with Crippen LogP contribution in [-0.2, 0) is 0 Å². The van der Waals surface area contributed by atoms with E-state index in [1.807, 2.05) is 66.5 Å². The highest BCUT2D eigenvalue weighted by Crippen LogP contribution is 2.29. The molecule has 0 saturated carbocycles. The monoisotopic (exact) mass is 361 g/mol. The molecule has 1 saturated heterocycles. The van der Waals surface area contributed by atoms with E-state index in [0.717, 1.165) is 37.1 Å². The Bertz CT molecular complexity index is 920. The van der Waals surface area contributed by atoms with E-state index < -0.39 is 0 Å². The minimum Gasteiger partial charge on any atom is -0.436 e. The Morgan fingerprint density at radius 2 is 1.93 bits per heavy atom. The average Bonchev–Trinajstić information content (AvgIpc) is 3.24. The van der Waals surface area contributed by atoms with Gasteiger partial charge in [-0.3, -0.25) is 4.79 Å². The molecule has 1 atom stereocenters. The van der Waals surface area contributed by atoms with Crippen LogP contribution < -0.4 is 5.32 Å². The molecule has 2 aromatic carbocycles. The molecule has 1 unspecified atom stereocenters. The van der Waals surface area contributed by atoms with Crippen molar-refractivity contribution < 1.29 is 9.21 Å². The van der Waals surface area contributed by atoms with Gasteiger partial charge in [0.25, 0.3) is 5.91 Å². The van der Waals surface area contributed by atoms with E-state index in [4.69, 9.17) is 4.42 Å². The van der Waals surface area contributed by atoms with Gasteiger partial charge in [0.2, 0.25) is 5.89 Å². The molecule has 0 aliphatic carbocycles. The third-order valence-corrected chi connectivity index (χ3v) is 5.07. The first-order valence-corrected chi connectivity index (χ1v) is 9.33. The maximum atomic E-state index is 13.2. The summed E-state index contributed by atoms with van der Waals surface area (Å²) in [6.45, 7) is 1.51. The molecular formula is C22H23N3O2. The predicted molar refractivity (Wildman–Crippen MR) is 105 cm³/mol. The molecule has 0 bridgehead atoms. The van der Waals surface area contributed by atoms with Gasteiger partial charge < -0.3 is 14.6 Å². The number of likely N-dealkylation sites (N-methyl/N-ethyl adjacent to an activating group) is 1. The minimum atomic E-state index is 0.0324. The first-order valence-electron chi connectivity index (χ1n) is 9.33. The number of hydrogen-bond acceptors (Lipinski definition) is 4. The molecule has 0 spiro atoms. The van der Waals surface area contributed by atoms with Crippen LogP contribution in [0.15, 0.2) is 65.2 Å². The summed E-state index contributed by atoms with van der Waals surface area (Å²) in [5.74, 6) is 1.20. The number of benzene rings is 2. The van der Waals surface area contributed by atoms with Gasteiger partial charge in [-0.1, -0.05) is 42.5 Å². The van der Waals surface area contributed by atoms with E-state index in [2.05, 4.69) is 10.3 Å². The van der Waals surface area contributed by atoms with Crippen molar-refractivity contribution in [2.75, 3.05) is 20.1 Å². The number of rotatable bonds is 4. The molecule has 2 heterocycles. The SMILES string of the molecule is CNC1CCCN(C(=O)c2ccccc2-c2ncc(-c3ccccc3)o2)C1. The standard InChI is InChI=1S/C22H23N3O2/c1-23-17-10-7-13-25(15-17)22(26)19-12-6-5-11-18(19)21-24-14-20(27-21)16-8-3-2-4-9-16/h2-6,8-9,11-12,14,17,23H,7,10,13,15H2,1H3. The zero-order valence-electron chi connectivity index (χ0n) is 15.4. The first-order chi connectivity index (χ1) is 13.3. The third kappa shape index (κ3) is 3.64. The number of aromatic nitrogens is 1. The van der Waals surface area contributed by atoms with Crippen molar-refractivity contribution in [1.29, 1.82) is 0 Å². The van der Waals surface area contributed by atoms with Gasteiger partial charge in [-0.25, -0.2) is 4.98 Å². The molecule has 1 aliphatic heterocycles. The lowest BCUT2D eigenvalue weighted by Crippen LogP contribution is -2.47. The molecule has 1 amide bonds. The molecule has 1 aliphatic rings. The van der Waals surface area contributed by atoms with Crippen LogP contribution >= 0.6 is 0 Å². The lowest BCUT2D eigenvalue weighted by atomic mass is 10.0. The fraction of sp³-hybridized carbons (Fsp3) is 0.273. The molecular weight excluding hydrogens is 338 g/mol. The van der Waals surface area contributed by atoms with Gasteiger partial charge in [0, 0.05) is 30.3 Å². The minimum absolute atomic E-state index is 0.0324. The van der Waals surface area contributed by atoms with Crippen molar-refractivity contribution in [3.05, 3.63) is 66.4 Å². The molecule has 138 valence electrons. The van der Waals surface area contributed by atoms with Crippen LogP contribution in [0.2, 0.25) is 0 Å². The summed E-state index contributed by atoms with van der Waals surface area (Å²) in [7, 11) is 1.95. The van der Waals surface area contributed by atoms with Crippen molar-refractivity contribution in [2.45, 2.75) is 18.9 Å². The number of hydrogen-bond donors (Lipinski definition) is 1. The van der Waals surface area contributed by atoms with E-state index in [9.17, 15) is 4.79 Å². The Morgan fingerprint density at radius 3 is 2.74 bits per heavy atom. The van der Waals surface area contributed by atoms with Crippen LogP contribution in [0, 0.1) is 0 Å². The van der Waals surface area contributed by atoms with Gasteiger partial charge in [-0.2, -0.15) is 0 Å². The van der Waals surface area contributed by atoms with E-state index >= 15 is 0 Å². The smallest absolute Gasteiger partial charge is 0.254 e. The highest BCUT2D eigenvalue weighted by atomic mass is 16.4. The average molecular weight is 361 g/mol. The van der Waals surface area contributed by atoms with E-state index in [-0.39, 0.29) is 5.91 Å². The van der Waals surface area contributed by atoms with Crippen LogP contribution in [0.25, 0.3) is 22.8 Å². The molecule has 3 aromatic rings. The number of nitrogens with one attached hydrogen (secondary N) is 1. The van der Waals surface area contributed by atoms with Crippen LogP contribution in [0.3, 0.4) is 0 Å². The number of piperidine rings is 1. The summed E-state index contributed by atoms with van der Waals surface area (Å²) in [6, 6.07) is 17.7. The van der Waals surface area contributed by atoms with Crippen LogP contribution in [0.4, 0.5) is 0 Å². The van der Waals surface area contributed by atoms with Crippen molar-refractivity contribution in [3.8, 4) is 22.8 Å². The number of amides is 1. The van der Waals surface area contributed by atoms with Gasteiger partial charge in [0.1, 0.15) is 0 Å². The molecule has 1 N–H and O–H groups in total. The Balaban J connectivity index is 1.64. The number of carbonyl (C=O) groups excluding carboxylic acids is 1. The van der Waals surface area contributed by atoms with Gasteiger partial charge in [-0.05, 0) is 32.0 Å². The Kier molecular flexibility index (Phi) is 5.03. The molecule has 0 radical (unpaired) electrons. The maximum Gasteiger partial charge on any atom is 0.254 e. The maximum absolute atomic E-state index is 13.2. The summed E-state index contributed by atoms with van der Waals surface area (Å²) in [5.41, 5.74) is 2.33. The largest absolute Gasteiger partial charge is 0.436 e. The van der Waals surface area contributed by atoms with Gasteiger partial charge in [-0.15, -0.1) is 0 Å². The molecule has 1 aromatic heterocycles. The quantitative estimate of drug-likeness (QED) is 0.767. The lowest BCUT2D eigenvalue weighted by molar-refractivity contribution is 0.0698. The number of likely N-dealkylation sites (tertiary alicyclic amines) is 1. The van der Waals surface area contributed by atoms with Crippen LogP contribution in [0.5, 0.6) is 0 Å². The number of nitrogens with zero attached hydrogens (tertiary/aromatic N) is 2. The summed E-state index contributed by atoms with van der Waals surface area (Å²) < 4.78 is 5.98. The summed E-state index contributed by atoms with van der Waals surface area (Å²) in [4.78, 5) is 19.5.